The fourth-order valence-electron chi connectivity index (χ4n) is 1.80. The molecule has 126 valence electrons. The van der Waals surface area contributed by atoms with E-state index in [1.807, 2.05) is 6.07 Å². The fourth-order valence-corrected chi connectivity index (χ4v) is 1.80. The van der Waals surface area contributed by atoms with Crippen LogP contribution < -0.4 is 10.6 Å². The van der Waals surface area contributed by atoms with Crippen LogP contribution in [-0.2, 0) is 6.18 Å². The first-order chi connectivity index (χ1) is 11.3. The Morgan fingerprint density at radius 2 is 2.04 bits per heavy atom. The first kappa shape index (κ1) is 17.5. The largest absolute Gasteiger partial charge is 0.433 e. The number of nitrogens with one attached hydrogen (secondary N) is 2. The second-order valence-electron chi connectivity index (χ2n) is 5.01. The summed E-state index contributed by atoms with van der Waals surface area (Å²) in [6, 6.07) is 8.45. The van der Waals surface area contributed by atoms with Gasteiger partial charge in [0, 0.05) is 17.8 Å². The van der Waals surface area contributed by atoms with Gasteiger partial charge in [0.2, 0.25) is 5.95 Å². The van der Waals surface area contributed by atoms with Crippen LogP contribution in [0.2, 0.25) is 0 Å². The summed E-state index contributed by atoms with van der Waals surface area (Å²) in [5.74, 6) is -0.342. The van der Waals surface area contributed by atoms with Gasteiger partial charge < -0.3 is 15.7 Å². The Labute approximate surface area is 136 Å². The third kappa shape index (κ3) is 4.57. The van der Waals surface area contributed by atoms with Gasteiger partial charge in [0.15, 0.2) is 5.69 Å². The molecule has 1 atom stereocenters. The Kier molecular flexibility index (Phi) is 5.21. The maximum Gasteiger partial charge on any atom is 0.433 e. The van der Waals surface area contributed by atoms with Crippen molar-refractivity contribution in [2.24, 2.45) is 0 Å². The number of nitrogens with zero attached hydrogens (tertiary/aromatic N) is 3. The van der Waals surface area contributed by atoms with E-state index in [1.54, 1.807) is 25.1 Å². The third-order valence-electron chi connectivity index (χ3n) is 2.93. The summed E-state index contributed by atoms with van der Waals surface area (Å²) in [4.78, 5) is 7.38. The molecule has 24 heavy (non-hydrogen) atoms. The number of rotatable bonds is 5. The van der Waals surface area contributed by atoms with Crippen molar-refractivity contribution in [3.8, 4) is 6.07 Å². The number of nitriles is 1. The van der Waals surface area contributed by atoms with Gasteiger partial charge in [-0.05, 0) is 25.1 Å². The van der Waals surface area contributed by atoms with Crippen LogP contribution in [-0.4, -0.2) is 27.7 Å². The van der Waals surface area contributed by atoms with Crippen LogP contribution in [0.1, 0.15) is 18.2 Å². The summed E-state index contributed by atoms with van der Waals surface area (Å²) < 4.78 is 39.0. The summed E-state index contributed by atoms with van der Waals surface area (Å²) in [7, 11) is 0. The van der Waals surface area contributed by atoms with Crippen LogP contribution in [0.25, 0.3) is 0 Å². The molecule has 1 heterocycles. The highest BCUT2D eigenvalue weighted by Gasteiger charge is 2.33. The van der Waals surface area contributed by atoms with E-state index in [9.17, 15) is 13.2 Å². The third-order valence-corrected chi connectivity index (χ3v) is 2.93. The molecule has 0 aliphatic rings. The van der Waals surface area contributed by atoms with Gasteiger partial charge in [-0.1, -0.05) is 6.07 Å². The zero-order valence-corrected chi connectivity index (χ0v) is 12.6. The minimum atomic E-state index is -4.65. The van der Waals surface area contributed by atoms with Crippen molar-refractivity contribution in [1.82, 2.24) is 9.97 Å². The summed E-state index contributed by atoms with van der Waals surface area (Å²) >= 11 is 0. The lowest BCUT2D eigenvalue weighted by Gasteiger charge is -2.15. The highest BCUT2D eigenvalue weighted by atomic mass is 19.4. The zero-order chi connectivity index (χ0) is 17.7. The topological polar surface area (TPSA) is 93.9 Å². The van der Waals surface area contributed by atoms with Gasteiger partial charge in [-0.25, -0.2) is 4.98 Å². The quantitative estimate of drug-likeness (QED) is 0.777. The Morgan fingerprint density at radius 3 is 2.67 bits per heavy atom. The normalized spacial score (nSPS) is 12.3. The Bertz CT molecular complexity index is 758. The molecule has 2 aromatic rings. The molecule has 1 aromatic heterocycles. The highest BCUT2D eigenvalue weighted by Crippen LogP contribution is 2.30. The first-order valence-corrected chi connectivity index (χ1v) is 6.92. The van der Waals surface area contributed by atoms with Crippen LogP contribution in [0.15, 0.2) is 30.3 Å². The number of aromatic nitrogens is 2. The van der Waals surface area contributed by atoms with Gasteiger partial charge in [0.1, 0.15) is 5.82 Å². The molecular formula is C15H14F3N5O. The van der Waals surface area contributed by atoms with Gasteiger partial charge in [-0.2, -0.15) is 23.4 Å². The molecule has 0 aliphatic heterocycles. The van der Waals surface area contributed by atoms with E-state index in [1.165, 1.54) is 6.07 Å². The SMILES string of the molecule is C[C@H](CO)Nc1nc(Nc2cccc(C#N)c2)cc(C(F)(F)F)n1. The van der Waals surface area contributed by atoms with Crippen molar-refractivity contribution in [2.45, 2.75) is 19.1 Å². The lowest BCUT2D eigenvalue weighted by atomic mass is 10.2. The fraction of sp³-hybridized carbons (Fsp3) is 0.267. The molecule has 6 nitrogen and oxygen atoms in total. The van der Waals surface area contributed by atoms with Gasteiger partial charge in [-0.3, -0.25) is 0 Å². The second kappa shape index (κ2) is 7.14. The van der Waals surface area contributed by atoms with E-state index < -0.39 is 17.9 Å². The minimum absolute atomic E-state index is 0.0833. The van der Waals surface area contributed by atoms with E-state index in [4.69, 9.17) is 10.4 Å². The second-order valence-corrected chi connectivity index (χ2v) is 5.01. The van der Waals surface area contributed by atoms with Crippen LogP contribution in [0.4, 0.5) is 30.6 Å². The van der Waals surface area contributed by atoms with E-state index in [0.29, 0.717) is 11.3 Å². The maximum absolute atomic E-state index is 13.0. The van der Waals surface area contributed by atoms with Crippen molar-refractivity contribution in [2.75, 3.05) is 17.2 Å². The number of halogens is 3. The van der Waals surface area contributed by atoms with E-state index in [0.717, 1.165) is 6.07 Å². The molecule has 0 unspecified atom stereocenters. The van der Waals surface area contributed by atoms with Crippen LogP contribution in [0.3, 0.4) is 0 Å². The van der Waals surface area contributed by atoms with Crippen molar-refractivity contribution >= 4 is 17.5 Å². The molecular weight excluding hydrogens is 323 g/mol. The van der Waals surface area contributed by atoms with Gasteiger partial charge in [-0.15, -0.1) is 0 Å². The molecule has 2 rings (SSSR count). The molecule has 0 aliphatic carbocycles. The Morgan fingerprint density at radius 1 is 1.29 bits per heavy atom. The number of benzene rings is 1. The number of aliphatic hydroxyl groups is 1. The molecule has 0 spiro atoms. The van der Waals surface area contributed by atoms with Crippen molar-refractivity contribution < 1.29 is 18.3 Å². The molecule has 0 radical (unpaired) electrons. The molecule has 0 amide bonds. The van der Waals surface area contributed by atoms with Crippen LogP contribution in [0.5, 0.6) is 0 Å². The van der Waals surface area contributed by atoms with E-state index in [-0.39, 0.29) is 18.4 Å². The smallest absolute Gasteiger partial charge is 0.394 e. The highest BCUT2D eigenvalue weighted by molar-refractivity contribution is 5.59. The van der Waals surface area contributed by atoms with E-state index in [2.05, 4.69) is 20.6 Å². The molecule has 0 fully saturated rings. The lowest BCUT2D eigenvalue weighted by Crippen LogP contribution is -2.22. The first-order valence-electron chi connectivity index (χ1n) is 6.92. The lowest BCUT2D eigenvalue weighted by molar-refractivity contribution is -0.141. The summed E-state index contributed by atoms with van der Waals surface area (Å²) in [6.45, 7) is 1.29. The number of alkyl halides is 3. The number of anilines is 3. The molecule has 0 saturated heterocycles. The maximum atomic E-state index is 13.0. The molecule has 0 saturated carbocycles. The summed E-state index contributed by atoms with van der Waals surface area (Å²) in [5, 5.41) is 23.2. The van der Waals surface area contributed by atoms with Crippen molar-refractivity contribution in [3.05, 3.63) is 41.6 Å². The van der Waals surface area contributed by atoms with Crippen LogP contribution in [0, 0.1) is 11.3 Å². The Hall–Kier alpha value is -2.86. The number of hydrogen-bond donors (Lipinski definition) is 3. The van der Waals surface area contributed by atoms with Gasteiger partial charge in [0.25, 0.3) is 0 Å². The van der Waals surface area contributed by atoms with Gasteiger partial charge in [0.05, 0.1) is 18.2 Å². The average Bonchev–Trinajstić information content (AvgIpc) is 2.53. The predicted molar refractivity (Wildman–Crippen MR) is 81.6 cm³/mol. The summed E-state index contributed by atoms with van der Waals surface area (Å²) in [6.07, 6.45) is -4.65. The molecule has 9 heteroatoms. The summed E-state index contributed by atoms with van der Waals surface area (Å²) in [5.41, 5.74) is -0.344. The average molecular weight is 337 g/mol. The monoisotopic (exact) mass is 337 g/mol. The van der Waals surface area contributed by atoms with Gasteiger partial charge >= 0.3 is 6.18 Å². The minimum Gasteiger partial charge on any atom is -0.394 e. The number of aliphatic hydroxyl groups excluding tert-OH is 1. The number of hydrogen-bond acceptors (Lipinski definition) is 6. The predicted octanol–water partition coefficient (Wildman–Crippen LogP) is 2.90. The molecule has 0 bridgehead atoms. The van der Waals surface area contributed by atoms with Crippen LogP contribution >= 0.6 is 0 Å². The zero-order valence-electron chi connectivity index (χ0n) is 12.6. The van der Waals surface area contributed by atoms with Crippen molar-refractivity contribution in [3.63, 3.8) is 0 Å². The molecule has 3 N–H and O–H groups in total. The van der Waals surface area contributed by atoms with Crippen molar-refractivity contribution in [1.29, 1.82) is 5.26 Å². The standard InChI is InChI=1S/C15H14F3N5O/c1-9(8-24)20-14-22-12(15(16,17)18)6-13(23-14)21-11-4-2-3-10(5-11)7-19/h2-6,9,24H,8H2,1H3,(H2,20,21,22,23)/t9-/m1/s1. The molecule has 1 aromatic carbocycles. The Balaban J connectivity index is 2.37. The van der Waals surface area contributed by atoms with E-state index >= 15 is 0 Å².